The lowest BCUT2D eigenvalue weighted by molar-refractivity contribution is 0.574. The number of aryl methyl sites for hydroxylation is 4. The van der Waals surface area contributed by atoms with Crippen molar-refractivity contribution in [2.75, 3.05) is 0 Å². The summed E-state index contributed by atoms with van der Waals surface area (Å²) in [4.78, 5) is 0. The molecule has 1 aliphatic rings. The SMILES string of the molecule is CC(C)CC1=CCc2ccccc21.CC(C)Cc1ccc(Cl)cc1.CC(C)Cc1cccc(Cl)c1.CC(C)Cc1cccc(Cl)c1.CC(C)Cc1cccc(F)c1.CC(C)Cc1ccccc1.CC(C)Cc1ccccc1Cl.CC(C)Cc1ccccc1F.CCc1cc(F)cc(F)c1.Cc1ccc(CC(C)C)cc1.Cc1cccc(CC(C)C)c1.Cc1cccc(CC(C)C)c1. The molecule has 0 amide bonds. The molecule has 0 unspecified atom stereocenters. The summed E-state index contributed by atoms with van der Waals surface area (Å²) in [5.41, 5.74) is 22.3. The average Bonchev–Trinajstić information content (AvgIpc) is 1.69. The fraction of sp³-hybridized carbons (Fsp3) is 0.403. The molecule has 0 fully saturated rings. The number of fused-ring (bicyclic) bond motifs is 1. The van der Waals surface area contributed by atoms with Gasteiger partial charge in [0.25, 0.3) is 0 Å². The van der Waals surface area contributed by atoms with Crippen LogP contribution in [-0.2, 0) is 77.0 Å². The highest BCUT2D eigenvalue weighted by atomic mass is 35.5. The molecule has 0 heterocycles. The maximum atomic E-state index is 12.9. The highest BCUT2D eigenvalue weighted by molar-refractivity contribution is 6.31. The maximum Gasteiger partial charge on any atom is 0.126 e. The van der Waals surface area contributed by atoms with Gasteiger partial charge in [0.1, 0.15) is 23.3 Å². The van der Waals surface area contributed by atoms with E-state index >= 15 is 0 Å². The van der Waals surface area contributed by atoms with Crippen LogP contribution in [0.4, 0.5) is 17.6 Å². The average molecular weight is 1870 g/mol. The number of benzene rings is 12. The molecule has 8 heteroatoms. The number of rotatable bonds is 23. The third-order valence-corrected chi connectivity index (χ3v) is 21.0. The third kappa shape index (κ3) is 61.2. The van der Waals surface area contributed by atoms with Crippen molar-refractivity contribution >= 4 is 52.0 Å². The van der Waals surface area contributed by atoms with Crippen molar-refractivity contribution < 1.29 is 17.6 Å². The summed E-state index contributed by atoms with van der Waals surface area (Å²) in [6.07, 6.45) is 16.4. The largest absolute Gasteiger partial charge is 0.207 e. The Bertz CT molecular complexity index is 4590. The molecule has 716 valence electrons. The van der Waals surface area contributed by atoms with Crippen molar-refractivity contribution in [3.63, 3.8) is 0 Å². The van der Waals surface area contributed by atoms with Gasteiger partial charge in [-0.3, -0.25) is 0 Å². The summed E-state index contributed by atoms with van der Waals surface area (Å²) in [6, 6.07) is 95.1. The van der Waals surface area contributed by atoms with Crippen molar-refractivity contribution in [3.8, 4) is 0 Å². The van der Waals surface area contributed by atoms with E-state index in [4.69, 9.17) is 46.4 Å². The van der Waals surface area contributed by atoms with Gasteiger partial charge in [-0.05, 0) is 320 Å². The van der Waals surface area contributed by atoms with E-state index in [-0.39, 0.29) is 11.6 Å². The van der Waals surface area contributed by atoms with E-state index in [9.17, 15) is 17.6 Å². The van der Waals surface area contributed by atoms with Crippen molar-refractivity contribution in [2.45, 2.75) is 263 Å². The zero-order valence-corrected chi connectivity index (χ0v) is 88.4. The second kappa shape index (κ2) is 69.1. The molecule has 0 aliphatic heterocycles. The Morgan fingerprint density at radius 1 is 0.235 bits per heavy atom. The first-order valence-electron chi connectivity index (χ1n) is 48.3. The second-order valence-electron chi connectivity index (χ2n) is 39.4. The minimum Gasteiger partial charge on any atom is -0.207 e. The van der Waals surface area contributed by atoms with E-state index in [2.05, 4.69) is 337 Å². The van der Waals surface area contributed by atoms with Gasteiger partial charge in [-0.1, -0.05) is 441 Å². The molecule has 0 saturated heterocycles. The van der Waals surface area contributed by atoms with Gasteiger partial charge in [-0.25, -0.2) is 17.6 Å². The summed E-state index contributed by atoms with van der Waals surface area (Å²) >= 11 is 23.4. The zero-order valence-electron chi connectivity index (χ0n) is 85.4. The van der Waals surface area contributed by atoms with Gasteiger partial charge in [0.15, 0.2) is 0 Å². The molecular formula is C124H164Cl4F4. The molecule has 0 radical (unpaired) electrons. The smallest absolute Gasteiger partial charge is 0.126 e. The van der Waals surface area contributed by atoms with Crippen LogP contribution < -0.4 is 0 Å². The Morgan fingerprint density at radius 2 is 0.553 bits per heavy atom. The molecule has 0 aromatic heterocycles. The molecule has 12 aromatic carbocycles. The summed E-state index contributed by atoms with van der Waals surface area (Å²) in [5, 5.41) is 3.38. The lowest BCUT2D eigenvalue weighted by Crippen LogP contribution is -1.96. The molecule has 0 spiro atoms. The van der Waals surface area contributed by atoms with Gasteiger partial charge in [0, 0.05) is 26.2 Å². The summed E-state index contributed by atoms with van der Waals surface area (Å²) < 4.78 is 50.3. The minimum atomic E-state index is -0.503. The fourth-order valence-corrected chi connectivity index (χ4v) is 15.2. The van der Waals surface area contributed by atoms with Gasteiger partial charge in [0.05, 0.1) is 0 Å². The van der Waals surface area contributed by atoms with Gasteiger partial charge in [-0.15, -0.1) is 0 Å². The molecule has 0 saturated carbocycles. The first kappa shape index (κ1) is 119. The second-order valence-corrected chi connectivity index (χ2v) is 41.2. The normalized spacial score (nSPS) is 10.9. The van der Waals surface area contributed by atoms with E-state index in [0.717, 1.165) is 118 Å². The first-order valence-corrected chi connectivity index (χ1v) is 49.8. The molecule has 0 N–H and O–H groups in total. The van der Waals surface area contributed by atoms with Crippen LogP contribution in [0.15, 0.2) is 297 Å². The van der Waals surface area contributed by atoms with Crippen LogP contribution >= 0.6 is 46.4 Å². The van der Waals surface area contributed by atoms with E-state index in [1.165, 1.54) is 129 Å². The summed E-state index contributed by atoms with van der Waals surface area (Å²) in [6.45, 7) is 56.9. The van der Waals surface area contributed by atoms with Crippen molar-refractivity contribution in [2.24, 2.45) is 65.1 Å². The predicted octanol–water partition coefficient (Wildman–Crippen LogP) is 38.9. The van der Waals surface area contributed by atoms with Crippen LogP contribution in [-0.4, -0.2) is 0 Å². The Kier molecular flexibility index (Phi) is 62.5. The number of hydrogen-bond acceptors (Lipinski definition) is 0. The Labute approximate surface area is 821 Å². The van der Waals surface area contributed by atoms with Gasteiger partial charge in [0.2, 0.25) is 0 Å². The Morgan fingerprint density at radius 3 is 0.939 bits per heavy atom. The molecule has 132 heavy (non-hydrogen) atoms. The van der Waals surface area contributed by atoms with E-state index in [1.54, 1.807) is 23.8 Å². The van der Waals surface area contributed by atoms with Crippen LogP contribution in [0.25, 0.3) is 5.57 Å². The van der Waals surface area contributed by atoms with Crippen molar-refractivity contribution in [3.05, 3.63) is 430 Å². The highest BCUT2D eigenvalue weighted by Crippen LogP contribution is 2.32. The quantitative estimate of drug-likeness (QED) is 0.0560. The van der Waals surface area contributed by atoms with Gasteiger partial charge in [-0.2, -0.15) is 0 Å². The van der Waals surface area contributed by atoms with Gasteiger partial charge >= 0.3 is 0 Å². The lowest BCUT2D eigenvalue weighted by atomic mass is 9.98. The van der Waals surface area contributed by atoms with Crippen LogP contribution in [0.2, 0.25) is 20.1 Å². The zero-order chi connectivity index (χ0) is 98.6. The van der Waals surface area contributed by atoms with E-state index in [1.807, 2.05) is 91.9 Å². The van der Waals surface area contributed by atoms with Crippen molar-refractivity contribution in [1.82, 2.24) is 0 Å². The van der Waals surface area contributed by atoms with E-state index < -0.39 is 11.6 Å². The Balaban J connectivity index is 0.000000488. The first-order chi connectivity index (χ1) is 62.4. The molecule has 12 aromatic rings. The minimum absolute atomic E-state index is 0.0822. The van der Waals surface area contributed by atoms with Crippen LogP contribution in [0.5, 0.6) is 0 Å². The molecule has 1 aliphatic carbocycles. The molecule has 0 bridgehead atoms. The number of allylic oxidation sites excluding steroid dienone is 2. The molecule has 0 atom stereocenters. The predicted molar refractivity (Wildman–Crippen MR) is 577 cm³/mol. The molecule has 13 rings (SSSR count). The number of halogens is 8. The van der Waals surface area contributed by atoms with E-state index in [0.29, 0.717) is 41.6 Å². The highest BCUT2D eigenvalue weighted by Gasteiger charge is 2.14. The van der Waals surface area contributed by atoms with Crippen LogP contribution in [0, 0.1) is 109 Å². The number of hydrogen-bond donors (Lipinski definition) is 0. The maximum absolute atomic E-state index is 12.9. The summed E-state index contributed by atoms with van der Waals surface area (Å²) in [5.74, 6) is 6.50. The molecule has 0 nitrogen and oxygen atoms in total. The lowest BCUT2D eigenvalue weighted by Gasteiger charge is -2.07. The third-order valence-electron chi connectivity index (χ3n) is 19.9. The monoisotopic (exact) mass is 1870 g/mol. The van der Waals surface area contributed by atoms with Crippen molar-refractivity contribution in [1.29, 1.82) is 0 Å². The fourth-order valence-electron chi connectivity index (χ4n) is 14.4. The molecular weight excluding hydrogens is 1710 g/mol. The summed E-state index contributed by atoms with van der Waals surface area (Å²) in [7, 11) is 0. The van der Waals surface area contributed by atoms with Gasteiger partial charge < -0.3 is 0 Å². The standard InChI is InChI=1S/C13H16.3C11H16.4C10H13Cl.2C10H13F.C10H14.C8H8F2/c1-10(2)9-12-8-7-11-5-3-4-6-13(11)12;1-9(2)8-11-6-4-10(3)5-7-11;2*1-9(2)7-11-6-4-5-10(3)8-11;1-8(2)7-9-3-5-10(11)6-4-9;2*1-8(2)6-9-4-3-5-10(11)7-9;1-8(2)7-9-5-3-4-6-10(9)11;1-8(2)6-9-4-3-5-10(11)7-9;1-8(2)7-9-5-3-4-6-10(9)11;1-9(2)8-10-6-4-3-5-7-10;1-2-6-3-7(9)5-8(10)4-6/h3-6,8,10H,7,9H2,1-2H3;4-7,9H,8H2,1-3H3;2*4-6,8-9H,7H2,1-3H3;3-6,8H,7H2,1-2H3;2*3-5,7-8H,6H2,1-2H3;3-6,8H,7H2,1-2H3;3-5,7-8H,6H2,1-2H3;3-6,8H,7H2,1-2H3;3-7,9H,8H2,1-2H3;3-5H,2H2,1H3. The topological polar surface area (TPSA) is 0 Å². The van der Waals surface area contributed by atoms with Crippen LogP contribution in [0.1, 0.15) is 255 Å². The van der Waals surface area contributed by atoms with Crippen LogP contribution in [0.3, 0.4) is 0 Å². The Hall–Kier alpha value is -8.74.